The van der Waals surface area contributed by atoms with Crippen molar-refractivity contribution in [2.24, 2.45) is 4.99 Å². The summed E-state index contributed by atoms with van der Waals surface area (Å²) in [4.78, 5) is 4.11. The molecule has 0 N–H and O–H groups in total. The molecule has 0 fully saturated rings. The molecule has 0 aromatic heterocycles. The van der Waals surface area contributed by atoms with Crippen LogP contribution in [0.4, 0.5) is 32.0 Å². The Morgan fingerprint density at radius 1 is 0.893 bits per heavy atom. The molecule has 0 amide bonds. The van der Waals surface area contributed by atoms with E-state index in [1.807, 2.05) is 0 Å². The summed E-state index contributed by atoms with van der Waals surface area (Å²) in [6, 6.07) is 9.36. The van der Waals surface area contributed by atoms with Crippen LogP contribution in [0.1, 0.15) is 16.7 Å². The van der Waals surface area contributed by atoms with Gasteiger partial charge >= 0.3 is 12.4 Å². The van der Waals surface area contributed by atoms with Crippen LogP contribution in [0, 0.1) is 0 Å². The first-order valence-corrected chi connectivity index (χ1v) is 9.23. The molecule has 2 aromatic rings. The molecule has 1 atom stereocenters. The third-order valence-corrected chi connectivity index (χ3v) is 4.82. The lowest BCUT2D eigenvalue weighted by atomic mass is 10.1. The van der Waals surface area contributed by atoms with E-state index in [4.69, 9.17) is 4.74 Å². The number of benzene rings is 2. The Labute approximate surface area is 162 Å². The summed E-state index contributed by atoms with van der Waals surface area (Å²) in [6.07, 6.45) is -7.65. The molecule has 0 aliphatic rings. The maximum Gasteiger partial charge on any atom is 0.416 e. The summed E-state index contributed by atoms with van der Waals surface area (Å²) in [6.45, 7) is 0. The second-order valence-corrected chi connectivity index (χ2v) is 6.84. The molecule has 9 heteroatoms. The van der Waals surface area contributed by atoms with Gasteiger partial charge in [0.05, 0.1) is 16.8 Å². The molecule has 2 nitrogen and oxygen atoms in total. The van der Waals surface area contributed by atoms with Crippen molar-refractivity contribution >= 4 is 23.7 Å². The molecule has 0 aliphatic heterocycles. The predicted octanol–water partition coefficient (Wildman–Crippen LogP) is 6.37. The number of hydrogen-bond acceptors (Lipinski definition) is 3. The van der Waals surface area contributed by atoms with Crippen molar-refractivity contribution in [2.45, 2.75) is 24.2 Å². The molecule has 0 saturated carbocycles. The quantitative estimate of drug-likeness (QED) is 0.382. The van der Waals surface area contributed by atoms with Crippen LogP contribution < -0.4 is 0 Å². The summed E-state index contributed by atoms with van der Waals surface area (Å²) in [7, 11) is 1.47. The molecule has 0 aliphatic carbocycles. The average molecular weight is 421 g/mol. The molecular weight excluding hydrogens is 404 g/mol. The number of rotatable bonds is 7. The first kappa shape index (κ1) is 22.3. The third-order valence-electron chi connectivity index (χ3n) is 3.72. The fourth-order valence-corrected chi connectivity index (χ4v) is 3.16. The lowest BCUT2D eigenvalue weighted by molar-refractivity contribution is -0.138. The predicted molar refractivity (Wildman–Crippen MR) is 98.0 cm³/mol. The van der Waals surface area contributed by atoms with E-state index in [1.54, 1.807) is 0 Å². The van der Waals surface area contributed by atoms with E-state index in [1.165, 1.54) is 49.4 Å². The zero-order valence-electron chi connectivity index (χ0n) is 14.7. The molecule has 0 heterocycles. The second kappa shape index (κ2) is 9.47. The maximum atomic E-state index is 12.5. The molecule has 1 unspecified atom stereocenters. The summed E-state index contributed by atoms with van der Waals surface area (Å²) in [5, 5.41) is 0. The highest BCUT2D eigenvalue weighted by Gasteiger charge is 2.30. The third kappa shape index (κ3) is 6.87. The fraction of sp³-hybridized carbons (Fsp3) is 0.316. The molecule has 152 valence electrons. The van der Waals surface area contributed by atoms with Crippen LogP contribution in [-0.2, 0) is 22.8 Å². The topological polar surface area (TPSA) is 21.6 Å². The zero-order chi connectivity index (χ0) is 20.8. The number of aliphatic imine (C=N–C) groups is 1. The molecule has 0 spiro atoms. The van der Waals surface area contributed by atoms with Crippen molar-refractivity contribution in [3.05, 3.63) is 65.2 Å². The van der Waals surface area contributed by atoms with Crippen LogP contribution in [0.2, 0.25) is 0 Å². The number of methoxy groups -OCH3 is 1. The second-order valence-electron chi connectivity index (χ2n) is 5.81. The van der Waals surface area contributed by atoms with Crippen molar-refractivity contribution in [1.29, 1.82) is 0 Å². The minimum atomic E-state index is -4.40. The van der Waals surface area contributed by atoms with Gasteiger partial charge in [-0.3, -0.25) is 4.99 Å². The highest BCUT2D eigenvalue weighted by Crippen LogP contribution is 2.31. The SMILES string of the molecule is COC(C=Nc1ccc(C(F)(F)F)cc1)CSCc1ccc(C(F)(F)F)cc1. The summed E-state index contributed by atoms with van der Waals surface area (Å²) in [5.74, 6) is 0.980. The van der Waals surface area contributed by atoms with Gasteiger partial charge < -0.3 is 4.74 Å². The van der Waals surface area contributed by atoms with Gasteiger partial charge in [-0.1, -0.05) is 12.1 Å². The first-order valence-electron chi connectivity index (χ1n) is 8.07. The number of ether oxygens (including phenoxy) is 1. The average Bonchev–Trinajstić information content (AvgIpc) is 2.64. The minimum Gasteiger partial charge on any atom is -0.375 e. The van der Waals surface area contributed by atoms with E-state index in [0.29, 0.717) is 17.2 Å². The van der Waals surface area contributed by atoms with Gasteiger partial charge in [0.15, 0.2) is 0 Å². The van der Waals surface area contributed by atoms with Gasteiger partial charge in [-0.25, -0.2) is 0 Å². The highest BCUT2D eigenvalue weighted by atomic mass is 32.2. The maximum absolute atomic E-state index is 12.5. The number of halogens is 6. The molecule has 28 heavy (non-hydrogen) atoms. The van der Waals surface area contributed by atoms with Crippen LogP contribution in [0.25, 0.3) is 0 Å². The molecule has 2 rings (SSSR count). The van der Waals surface area contributed by atoms with E-state index in [2.05, 4.69) is 4.99 Å². The van der Waals surface area contributed by atoms with Crippen LogP contribution in [0.15, 0.2) is 53.5 Å². The number of nitrogens with zero attached hydrogens (tertiary/aromatic N) is 1. The Kier molecular flexibility index (Phi) is 7.54. The Balaban J connectivity index is 1.86. The minimum absolute atomic E-state index is 0.364. The zero-order valence-corrected chi connectivity index (χ0v) is 15.5. The van der Waals surface area contributed by atoms with Crippen molar-refractivity contribution in [3.8, 4) is 0 Å². The van der Waals surface area contributed by atoms with Crippen LogP contribution in [0.5, 0.6) is 0 Å². The summed E-state index contributed by atoms with van der Waals surface area (Å²) in [5.41, 5.74) is -0.336. The van der Waals surface area contributed by atoms with Gasteiger partial charge in [0, 0.05) is 24.8 Å². The normalized spacial score (nSPS) is 13.8. The Bertz CT molecular complexity index is 769. The summed E-state index contributed by atoms with van der Waals surface area (Å²) >= 11 is 1.45. The van der Waals surface area contributed by atoms with Crippen LogP contribution in [0.3, 0.4) is 0 Å². The van der Waals surface area contributed by atoms with Crippen molar-refractivity contribution in [3.63, 3.8) is 0 Å². The van der Waals surface area contributed by atoms with Crippen molar-refractivity contribution in [1.82, 2.24) is 0 Å². The molecular formula is C19H17F6NOS. The largest absolute Gasteiger partial charge is 0.416 e. The molecule has 0 bridgehead atoms. The van der Waals surface area contributed by atoms with Crippen molar-refractivity contribution < 1.29 is 31.1 Å². The fourth-order valence-electron chi connectivity index (χ4n) is 2.16. The van der Waals surface area contributed by atoms with Crippen LogP contribution >= 0.6 is 11.8 Å². The molecule has 0 saturated heterocycles. The Morgan fingerprint density at radius 2 is 1.39 bits per heavy atom. The smallest absolute Gasteiger partial charge is 0.375 e. The number of hydrogen-bond donors (Lipinski definition) is 0. The lowest BCUT2D eigenvalue weighted by Gasteiger charge is -2.11. The summed E-state index contributed by atoms with van der Waals surface area (Å²) < 4.78 is 80.5. The molecule has 2 aromatic carbocycles. The highest BCUT2D eigenvalue weighted by molar-refractivity contribution is 7.98. The van der Waals surface area contributed by atoms with Gasteiger partial charge in [-0.05, 0) is 42.0 Å². The van der Waals surface area contributed by atoms with E-state index in [9.17, 15) is 26.3 Å². The Morgan fingerprint density at radius 3 is 1.86 bits per heavy atom. The van der Waals surface area contributed by atoms with Gasteiger partial charge in [0.25, 0.3) is 0 Å². The number of thioether (sulfide) groups is 1. The lowest BCUT2D eigenvalue weighted by Crippen LogP contribution is -2.15. The van der Waals surface area contributed by atoms with Crippen molar-refractivity contribution in [2.75, 3.05) is 12.9 Å². The standard InChI is InChI=1S/C19H17F6NOS/c1-27-17(10-26-16-8-6-15(7-9-16)19(23,24)25)12-28-11-13-2-4-14(5-3-13)18(20,21)22/h2-10,17H,11-12H2,1H3. The first-order chi connectivity index (χ1) is 13.1. The van der Waals surface area contributed by atoms with E-state index in [-0.39, 0.29) is 6.10 Å². The molecule has 0 radical (unpaired) electrons. The van der Waals surface area contributed by atoms with Gasteiger partial charge in [0.1, 0.15) is 6.10 Å². The number of alkyl halides is 6. The van der Waals surface area contributed by atoms with Crippen LogP contribution in [-0.4, -0.2) is 25.2 Å². The van der Waals surface area contributed by atoms with E-state index < -0.39 is 23.5 Å². The monoisotopic (exact) mass is 421 g/mol. The van der Waals surface area contributed by atoms with E-state index in [0.717, 1.165) is 29.8 Å². The van der Waals surface area contributed by atoms with Gasteiger partial charge in [-0.2, -0.15) is 38.1 Å². The van der Waals surface area contributed by atoms with Gasteiger partial charge in [-0.15, -0.1) is 0 Å². The Hall–Kier alpha value is -2.00. The van der Waals surface area contributed by atoms with Gasteiger partial charge in [0.2, 0.25) is 0 Å². The van der Waals surface area contributed by atoms with E-state index >= 15 is 0 Å².